The number of rotatable bonds is 6. The molecule has 1 aromatic rings. The van der Waals surface area contributed by atoms with E-state index >= 15 is 0 Å². The number of allylic oxidation sites excluding steroid dienone is 5. The van der Waals surface area contributed by atoms with Crippen molar-refractivity contribution in [3.63, 3.8) is 0 Å². The molecule has 0 amide bonds. The Labute approximate surface area is 166 Å². The summed E-state index contributed by atoms with van der Waals surface area (Å²) in [5.74, 6) is -1.21. The third kappa shape index (κ3) is 3.23. The summed E-state index contributed by atoms with van der Waals surface area (Å²) in [7, 11) is 0. The monoisotopic (exact) mass is 412 g/mol. The Morgan fingerprint density at radius 1 is 1.07 bits per heavy atom. The zero-order valence-electron chi connectivity index (χ0n) is 16.2. The van der Waals surface area contributed by atoms with E-state index in [9.17, 15) is 9.59 Å². The Kier molecular flexibility index (Phi) is 5.13. The van der Waals surface area contributed by atoms with Crippen molar-refractivity contribution in [2.45, 2.75) is 24.5 Å². The second-order valence-electron chi connectivity index (χ2n) is 7.47. The fourth-order valence-corrected chi connectivity index (χ4v) is 10.7. The average Bonchev–Trinajstić information content (AvgIpc) is 3.32. The minimum atomic E-state index is -5.22. The van der Waals surface area contributed by atoms with Gasteiger partial charge in [0.05, 0.1) is 0 Å². The first kappa shape index (κ1) is 20.2. The predicted octanol–water partition coefficient (Wildman–Crippen LogP) is 4.79. The van der Waals surface area contributed by atoms with Crippen molar-refractivity contribution in [2.24, 2.45) is 0 Å². The zero-order chi connectivity index (χ0) is 20.6. The quantitative estimate of drug-likeness (QED) is 0.498. The van der Waals surface area contributed by atoms with Crippen LogP contribution in [0.15, 0.2) is 76.8 Å². The molecule has 3 rings (SSSR count). The number of fused-ring (bicyclic) bond motifs is 1. The summed E-state index contributed by atoms with van der Waals surface area (Å²) >= 11 is -5.22. The molecule has 2 aliphatic carbocycles. The molecule has 0 radical (unpaired) electrons. The molecule has 0 fully saturated rings. The maximum atomic E-state index is 12.7. The molecule has 0 aliphatic heterocycles. The number of hydrogen-bond donors (Lipinski definition) is 0. The van der Waals surface area contributed by atoms with Crippen LogP contribution < -0.4 is 0 Å². The first-order chi connectivity index (χ1) is 13.2. The third-order valence-corrected chi connectivity index (χ3v) is 12.6. The van der Waals surface area contributed by atoms with Gasteiger partial charge in [-0.1, -0.05) is 0 Å². The maximum absolute atomic E-state index is 12.7. The van der Waals surface area contributed by atoms with Crippen LogP contribution in [-0.4, -0.2) is 16.8 Å². The molecule has 28 heavy (non-hydrogen) atoms. The van der Waals surface area contributed by atoms with Gasteiger partial charge in [-0.25, -0.2) is 0 Å². The molecule has 5 heteroatoms. The molecule has 2 aliphatic rings. The van der Waals surface area contributed by atoms with Gasteiger partial charge in [-0.15, -0.1) is 0 Å². The van der Waals surface area contributed by atoms with Crippen molar-refractivity contribution >= 4 is 22.8 Å². The minimum absolute atomic E-state index is 0.229. The number of carbonyl (C=O) groups is 2. The summed E-state index contributed by atoms with van der Waals surface area (Å²) in [4.78, 5) is 30.0. The molecule has 0 spiro atoms. The third-order valence-electron chi connectivity index (χ3n) is 5.20. The van der Waals surface area contributed by atoms with Gasteiger partial charge in [-0.3, -0.25) is 0 Å². The molecular formula is C23H24O4Ti. The molecular weight excluding hydrogens is 388 g/mol. The standard InChI is InChI=1S/C9H7.C5H5.2C4H6O2.CH2.Ti/c1-2-5-9-7-3-6-8(9)4-1;1-2-4-5-3-1;2*1-3(2)4(5)6;;/h1-7H;1-3H,4H2;2*1H2,2H3,(H,5,6);1H2;/q;;;;;+2/p-2. The van der Waals surface area contributed by atoms with Crippen molar-refractivity contribution in [1.82, 2.24) is 0 Å². The predicted molar refractivity (Wildman–Crippen MR) is 109 cm³/mol. The van der Waals surface area contributed by atoms with E-state index in [2.05, 4.69) is 18.0 Å². The van der Waals surface area contributed by atoms with E-state index in [1.807, 2.05) is 54.6 Å². The van der Waals surface area contributed by atoms with Gasteiger partial charge < -0.3 is 0 Å². The molecule has 0 saturated heterocycles. The molecule has 1 unspecified atom stereocenters. The summed E-state index contributed by atoms with van der Waals surface area (Å²) in [6, 6.07) is 7.79. The first-order valence-corrected chi connectivity index (χ1v) is 13.2. The topological polar surface area (TPSA) is 52.6 Å². The summed E-state index contributed by atoms with van der Waals surface area (Å²) in [6.45, 7) is 10.5. The van der Waals surface area contributed by atoms with Crippen molar-refractivity contribution in [3.05, 3.63) is 87.9 Å². The van der Waals surface area contributed by atoms with Crippen LogP contribution in [0.3, 0.4) is 0 Å². The van der Waals surface area contributed by atoms with Gasteiger partial charge in [0.2, 0.25) is 0 Å². The zero-order valence-corrected chi connectivity index (χ0v) is 17.8. The van der Waals surface area contributed by atoms with Crippen LogP contribution in [0.5, 0.6) is 0 Å². The van der Waals surface area contributed by atoms with Gasteiger partial charge in [0.1, 0.15) is 0 Å². The second kappa shape index (κ2) is 7.12. The van der Waals surface area contributed by atoms with E-state index in [1.54, 1.807) is 13.8 Å². The number of benzene rings is 1. The van der Waals surface area contributed by atoms with Gasteiger partial charge >= 0.3 is 167 Å². The van der Waals surface area contributed by atoms with E-state index in [0.717, 1.165) is 15.0 Å². The van der Waals surface area contributed by atoms with Crippen LogP contribution in [0.1, 0.15) is 35.6 Å². The molecule has 144 valence electrons. The van der Waals surface area contributed by atoms with E-state index in [1.165, 1.54) is 0 Å². The fourth-order valence-electron chi connectivity index (χ4n) is 3.65. The Morgan fingerprint density at radius 3 is 2.21 bits per heavy atom. The van der Waals surface area contributed by atoms with Crippen molar-refractivity contribution < 1.29 is 31.8 Å². The molecule has 1 atom stereocenters. The fraction of sp³-hybridized carbons (Fsp3) is 0.174. The summed E-state index contributed by atoms with van der Waals surface area (Å²) < 4.78 is 12.6. The van der Waals surface area contributed by atoms with Gasteiger partial charge in [-0.2, -0.15) is 0 Å². The van der Waals surface area contributed by atoms with Gasteiger partial charge in [-0.05, 0) is 0 Å². The Morgan fingerprint density at radius 2 is 1.68 bits per heavy atom. The summed E-state index contributed by atoms with van der Waals surface area (Å²) in [6.07, 6.45) is 10.1. The Hall–Kier alpha value is -2.56. The first-order valence-electron chi connectivity index (χ1n) is 9.11. The van der Waals surface area contributed by atoms with Crippen LogP contribution in [0.4, 0.5) is 0 Å². The summed E-state index contributed by atoms with van der Waals surface area (Å²) in [5.41, 5.74) is 2.39. The average molecular weight is 412 g/mol. The molecule has 0 bridgehead atoms. The van der Waals surface area contributed by atoms with Crippen LogP contribution in [0.2, 0.25) is 0 Å². The Bertz CT molecular complexity index is 1020. The Balaban J connectivity index is 2.28. The van der Waals surface area contributed by atoms with E-state index < -0.39 is 31.8 Å². The molecule has 1 aromatic carbocycles. The molecule has 0 saturated carbocycles. The van der Waals surface area contributed by atoms with Crippen LogP contribution >= 0.6 is 0 Å². The van der Waals surface area contributed by atoms with Gasteiger partial charge in [0, 0.05) is 0 Å². The van der Waals surface area contributed by atoms with Gasteiger partial charge in [0.25, 0.3) is 0 Å². The van der Waals surface area contributed by atoms with Crippen molar-refractivity contribution in [2.75, 3.05) is 0 Å². The van der Waals surface area contributed by atoms with E-state index in [-0.39, 0.29) is 11.1 Å². The number of hydrogen-bond acceptors (Lipinski definition) is 4. The van der Waals surface area contributed by atoms with Crippen LogP contribution in [0.25, 0.3) is 6.08 Å². The van der Waals surface area contributed by atoms with Crippen LogP contribution in [0, 0.1) is 0 Å². The molecule has 0 heterocycles. The van der Waals surface area contributed by atoms with E-state index in [4.69, 9.17) is 6.64 Å². The van der Waals surface area contributed by atoms with Crippen molar-refractivity contribution in [1.29, 1.82) is 0 Å². The normalized spacial score (nSPS) is 17.7. The second-order valence-corrected chi connectivity index (χ2v) is 14.3. The molecule has 0 aromatic heterocycles. The van der Waals surface area contributed by atoms with Crippen LogP contribution in [-0.2, 0) is 31.8 Å². The molecule has 0 N–H and O–H groups in total. The summed E-state index contributed by atoms with van der Waals surface area (Å²) in [5, 5.41) is 0. The van der Waals surface area contributed by atoms with Gasteiger partial charge in [0.15, 0.2) is 0 Å². The van der Waals surface area contributed by atoms with Crippen molar-refractivity contribution in [3.8, 4) is 0 Å². The number of carbonyl (C=O) groups excluding carboxylic acids is 2. The molecule has 4 nitrogen and oxygen atoms in total. The SMILES string of the molecule is C=C(C)C(=O)[O][Ti](=[CH2])([O]C(=O)C(=C)C)([C]1=CC=CC1)[CH]1C=Cc2ccccc21. The van der Waals surface area contributed by atoms with E-state index in [0.29, 0.717) is 6.42 Å².